The van der Waals surface area contributed by atoms with Crippen LogP contribution in [0.25, 0.3) is 0 Å². The quantitative estimate of drug-likeness (QED) is 0.521. The van der Waals surface area contributed by atoms with Crippen LogP contribution in [0.3, 0.4) is 0 Å². The molecule has 10 heteroatoms. The molecule has 0 radical (unpaired) electrons. The summed E-state index contributed by atoms with van der Waals surface area (Å²) in [5.41, 5.74) is 1.41. The van der Waals surface area contributed by atoms with Crippen LogP contribution in [0.4, 0.5) is 4.79 Å². The average molecular weight is 527 g/mol. The van der Waals surface area contributed by atoms with E-state index in [1.54, 1.807) is 39.5 Å². The molecule has 0 spiro atoms. The molecule has 2 aromatic carbocycles. The first-order valence-corrected chi connectivity index (χ1v) is 12.5. The zero-order chi connectivity index (χ0) is 27.8. The number of hydrogen-bond donors (Lipinski definition) is 1. The van der Waals surface area contributed by atoms with E-state index in [9.17, 15) is 14.4 Å². The van der Waals surface area contributed by atoms with Crippen LogP contribution in [0.5, 0.6) is 23.0 Å². The molecule has 0 aliphatic carbocycles. The number of imide groups is 2. The number of nitrogens with one attached hydrogen (secondary N) is 1. The summed E-state index contributed by atoms with van der Waals surface area (Å²) in [6.07, 6.45) is 0.819. The Balaban J connectivity index is 1.78. The van der Waals surface area contributed by atoms with Gasteiger partial charge in [-0.05, 0) is 36.2 Å². The lowest BCUT2D eigenvalue weighted by Gasteiger charge is -2.44. The van der Waals surface area contributed by atoms with E-state index in [2.05, 4.69) is 6.92 Å². The van der Waals surface area contributed by atoms with E-state index in [0.29, 0.717) is 35.1 Å². The Kier molecular flexibility index (Phi) is 7.55. The maximum atomic E-state index is 13.9. The van der Waals surface area contributed by atoms with Gasteiger partial charge in [0.2, 0.25) is 0 Å². The third kappa shape index (κ3) is 4.42. The molecule has 0 bridgehead atoms. The zero-order valence-corrected chi connectivity index (χ0v) is 23.0. The molecule has 4 amide bonds. The van der Waals surface area contributed by atoms with Crippen molar-refractivity contribution in [2.45, 2.75) is 25.8 Å². The van der Waals surface area contributed by atoms with Crippen molar-refractivity contribution >= 4 is 17.8 Å². The van der Waals surface area contributed by atoms with Crippen molar-refractivity contribution in [2.75, 3.05) is 55.6 Å². The highest BCUT2D eigenvalue weighted by molar-refractivity contribution is 6.19. The van der Waals surface area contributed by atoms with Gasteiger partial charge in [0.05, 0.1) is 35.0 Å². The Morgan fingerprint density at radius 1 is 0.868 bits per heavy atom. The minimum atomic E-state index is -1.50. The first kappa shape index (κ1) is 27.3. The second kappa shape index (κ2) is 10.5. The van der Waals surface area contributed by atoms with Crippen LogP contribution in [0, 0.1) is 5.41 Å². The molecular formula is C28H36N3O7+. The third-order valence-corrected chi connectivity index (χ3v) is 7.96. The van der Waals surface area contributed by atoms with Crippen LogP contribution in [0.2, 0.25) is 0 Å². The number of carbonyl (C=O) groups is 3. The molecule has 1 saturated heterocycles. The topological polar surface area (TPSA) is 99.0 Å². The Hall–Kier alpha value is -3.79. The van der Waals surface area contributed by atoms with Gasteiger partial charge >= 0.3 is 6.03 Å². The molecular weight excluding hydrogens is 490 g/mol. The molecule has 38 heavy (non-hydrogen) atoms. The predicted molar refractivity (Wildman–Crippen MR) is 139 cm³/mol. The third-order valence-electron chi connectivity index (χ3n) is 7.96. The second-order valence-corrected chi connectivity index (χ2v) is 9.91. The van der Waals surface area contributed by atoms with Gasteiger partial charge in [-0.3, -0.25) is 19.4 Å². The number of ether oxygens (including phenoxy) is 4. The molecule has 1 N–H and O–H groups in total. The lowest BCUT2D eigenvalue weighted by Crippen LogP contribution is -3.15. The molecule has 2 aliphatic heterocycles. The number of nitrogens with zero attached hydrogens (tertiary/aromatic N) is 2. The van der Waals surface area contributed by atoms with E-state index in [4.69, 9.17) is 18.9 Å². The number of benzene rings is 2. The summed E-state index contributed by atoms with van der Waals surface area (Å²) in [5.74, 6) is 1.39. The van der Waals surface area contributed by atoms with Crippen molar-refractivity contribution in [1.82, 2.24) is 9.80 Å². The van der Waals surface area contributed by atoms with Gasteiger partial charge in [-0.15, -0.1) is 0 Å². The van der Waals surface area contributed by atoms with Gasteiger partial charge in [-0.2, -0.15) is 0 Å². The number of barbiturate groups is 1. The van der Waals surface area contributed by atoms with Crippen LogP contribution in [0.15, 0.2) is 30.3 Å². The zero-order valence-electron chi connectivity index (χ0n) is 23.0. The van der Waals surface area contributed by atoms with Crippen molar-refractivity contribution in [2.24, 2.45) is 5.41 Å². The summed E-state index contributed by atoms with van der Waals surface area (Å²) in [6, 6.07) is 8.60. The van der Waals surface area contributed by atoms with Gasteiger partial charge in [-0.1, -0.05) is 6.07 Å². The molecule has 10 nitrogen and oxygen atoms in total. The summed E-state index contributed by atoms with van der Waals surface area (Å²) < 4.78 is 21.9. The monoisotopic (exact) mass is 526 g/mol. The van der Waals surface area contributed by atoms with E-state index in [-0.39, 0.29) is 19.0 Å². The predicted octanol–water partition coefficient (Wildman–Crippen LogP) is 1.50. The second-order valence-electron chi connectivity index (χ2n) is 9.91. The van der Waals surface area contributed by atoms with Crippen molar-refractivity contribution in [3.05, 3.63) is 47.0 Å². The fourth-order valence-corrected chi connectivity index (χ4v) is 5.74. The van der Waals surface area contributed by atoms with Crippen LogP contribution in [0.1, 0.15) is 29.7 Å². The number of carbonyl (C=O) groups excluding carboxylic acids is 3. The summed E-state index contributed by atoms with van der Waals surface area (Å²) >= 11 is 0. The van der Waals surface area contributed by atoms with Gasteiger partial charge in [0, 0.05) is 38.6 Å². The first-order valence-electron chi connectivity index (χ1n) is 12.5. The maximum Gasteiger partial charge on any atom is 0.332 e. The summed E-state index contributed by atoms with van der Waals surface area (Å²) in [4.78, 5) is 43.6. The Morgan fingerprint density at radius 2 is 1.47 bits per heavy atom. The molecule has 2 atom stereocenters. The number of rotatable bonds is 8. The van der Waals surface area contributed by atoms with Gasteiger partial charge in [0.15, 0.2) is 16.9 Å². The molecule has 2 heterocycles. The molecule has 204 valence electrons. The van der Waals surface area contributed by atoms with Gasteiger partial charge in [0.1, 0.15) is 24.1 Å². The average Bonchev–Trinajstić information content (AvgIpc) is 2.94. The van der Waals surface area contributed by atoms with Crippen LogP contribution in [-0.4, -0.2) is 83.3 Å². The van der Waals surface area contributed by atoms with Crippen LogP contribution >= 0.6 is 0 Å². The van der Waals surface area contributed by atoms with Gasteiger partial charge in [-0.25, -0.2) is 4.79 Å². The van der Waals surface area contributed by atoms with E-state index < -0.39 is 23.3 Å². The summed E-state index contributed by atoms with van der Waals surface area (Å²) in [6.45, 7) is 2.99. The first-order chi connectivity index (χ1) is 18.1. The molecule has 2 aliphatic rings. The molecule has 4 rings (SSSR count). The molecule has 1 unspecified atom stereocenters. The number of quaternary nitrogens is 1. The molecule has 1 fully saturated rings. The van der Waals surface area contributed by atoms with E-state index in [1.807, 2.05) is 12.1 Å². The Bertz CT molecular complexity index is 1240. The standard InChI is InChI=1S/C28H35N3O7/c1-17-21-14-24(38-7)23(37-6)12-18(21)10-11-31(17)16-28(25(32)29(2)27(34)30(3)26(28)33)15-19-8-9-20(35-4)13-22(19)36-5/h8-9,12-14,17H,10-11,15-16H2,1-7H3/p+1/t17-/m0/s1. The number of urea groups is 1. The highest BCUT2D eigenvalue weighted by Crippen LogP contribution is 2.37. The summed E-state index contributed by atoms with van der Waals surface area (Å²) in [5, 5.41) is 0. The lowest BCUT2D eigenvalue weighted by molar-refractivity contribution is -0.935. The minimum Gasteiger partial charge on any atom is -0.497 e. The fourth-order valence-electron chi connectivity index (χ4n) is 5.74. The highest BCUT2D eigenvalue weighted by atomic mass is 16.5. The maximum absolute atomic E-state index is 13.9. The van der Waals surface area contributed by atoms with Crippen LogP contribution < -0.4 is 23.8 Å². The highest BCUT2D eigenvalue weighted by Gasteiger charge is 2.58. The Morgan fingerprint density at radius 3 is 2.05 bits per heavy atom. The van der Waals surface area contributed by atoms with Crippen molar-refractivity contribution in [3.8, 4) is 23.0 Å². The molecule has 2 aromatic rings. The number of fused-ring (bicyclic) bond motifs is 1. The summed E-state index contributed by atoms with van der Waals surface area (Å²) in [7, 11) is 9.16. The largest absolute Gasteiger partial charge is 0.497 e. The van der Waals surface area contributed by atoms with E-state index in [0.717, 1.165) is 32.2 Å². The van der Waals surface area contributed by atoms with Gasteiger partial charge < -0.3 is 23.8 Å². The van der Waals surface area contributed by atoms with Gasteiger partial charge in [0.25, 0.3) is 11.8 Å². The minimum absolute atomic E-state index is 0.0398. The number of methoxy groups -OCH3 is 4. The van der Waals surface area contributed by atoms with E-state index in [1.165, 1.54) is 21.2 Å². The fraction of sp³-hybridized carbons (Fsp3) is 0.464. The Labute approximate surface area is 223 Å². The SMILES string of the molecule is COc1ccc(CC2(C[NH+]3CCc4cc(OC)c(OC)cc4[C@@H]3C)C(=O)N(C)C(=O)N(C)C2=O)c(OC)c1. The molecule has 0 aromatic heterocycles. The van der Waals surface area contributed by atoms with Crippen molar-refractivity contribution in [1.29, 1.82) is 0 Å². The van der Waals surface area contributed by atoms with Crippen molar-refractivity contribution in [3.63, 3.8) is 0 Å². The normalized spacial score (nSPS) is 20.8. The number of amides is 4. The van der Waals surface area contributed by atoms with Crippen LogP contribution in [-0.2, 0) is 22.4 Å². The lowest BCUT2D eigenvalue weighted by atomic mass is 9.75. The number of hydrogen-bond acceptors (Lipinski definition) is 7. The van der Waals surface area contributed by atoms with Crippen molar-refractivity contribution < 1.29 is 38.2 Å². The smallest absolute Gasteiger partial charge is 0.332 e. The molecule has 0 saturated carbocycles. The van der Waals surface area contributed by atoms with E-state index >= 15 is 0 Å².